The van der Waals surface area contributed by atoms with Gasteiger partial charge in [-0.2, -0.15) is 0 Å². The summed E-state index contributed by atoms with van der Waals surface area (Å²) in [5.74, 6) is 0. The molecule has 25 heavy (non-hydrogen) atoms. The summed E-state index contributed by atoms with van der Waals surface area (Å²) in [5, 5.41) is 4.17. The first kappa shape index (κ1) is 17.1. The van der Waals surface area contributed by atoms with Crippen molar-refractivity contribution >= 4 is 17.0 Å². The predicted molar refractivity (Wildman–Crippen MR) is 99.6 cm³/mol. The fourth-order valence-corrected chi connectivity index (χ4v) is 2.94. The molecule has 2 heterocycles. The van der Waals surface area contributed by atoms with Crippen LogP contribution in [0.4, 0.5) is 4.79 Å². The van der Waals surface area contributed by atoms with E-state index in [9.17, 15) is 4.79 Å². The molecule has 0 saturated heterocycles. The van der Waals surface area contributed by atoms with E-state index in [4.69, 9.17) is 4.74 Å². The molecule has 0 aliphatic rings. The van der Waals surface area contributed by atoms with Gasteiger partial charge in [-0.25, -0.2) is 4.79 Å². The van der Waals surface area contributed by atoms with E-state index in [1.807, 2.05) is 64.2 Å². The molecule has 5 heteroatoms. The van der Waals surface area contributed by atoms with Crippen LogP contribution in [0.1, 0.15) is 43.8 Å². The SMILES string of the molecule is Cc1ccc([C@@H](Cc2c[nH]c3ccccc23)NC(=O)OC(C)(C)C)[nH]1. The maximum absolute atomic E-state index is 12.3. The number of ether oxygens (including phenoxy) is 1. The van der Waals surface area contributed by atoms with Gasteiger partial charge < -0.3 is 20.0 Å². The number of aromatic nitrogens is 2. The second kappa shape index (κ2) is 6.67. The van der Waals surface area contributed by atoms with Gasteiger partial charge in [-0.1, -0.05) is 18.2 Å². The highest BCUT2D eigenvalue weighted by Crippen LogP contribution is 2.24. The van der Waals surface area contributed by atoms with Crippen molar-refractivity contribution in [2.75, 3.05) is 0 Å². The molecule has 0 unspecified atom stereocenters. The number of hydrogen-bond donors (Lipinski definition) is 3. The average Bonchev–Trinajstić information content (AvgIpc) is 3.12. The number of fused-ring (bicyclic) bond motifs is 1. The van der Waals surface area contributed by atoms with Crippen molar-refractivity contribution in [1.82, 2.24) is 15.3 Å². The van der Waals surface area contributed by atoms with Crippen LogP contribution in [-0.4, -0.2) is 21.7 Å². The predicted octanol–water partition coefficient (Wildman–Crippen LogP) is 4.61. The number of nitrogens with one attached hydrogen (secondary N) is 3. The Bertz CT molecular complexity index is 870. The molecule has 0 spiro atoms. The molecular formula is C20H25N3O2. The Morgan fingerprint density at radius 2 is 1.96 bits per heavy atom. The van der Waals surface area contributed by atoms with Gasteiger partial charge in [0.05, 0.1) is 6.04 Å². The fraction of sp³-hybridized carbons (Fsp3) is 0.350. The largest absolute Gasteiger partial charge is 0.444 e. The van der Waals surface area contributed by atoms with Crippen molar-refractivity contribution in [3.63, 3.8) is 0 Å². The van der Waals surface area contributed by atoms with Gasteiger partial charge in [0.2, 0.25) is 0 Å². The number of H-pyrrole nitrogens is 2. The first-order chi connectivity index (χ1) is 11.8. The number of amides is 1. The number of carbonyl (C=O) groups is 1. The monoisotopic (exact) mass is 339 g/mol. The normalized spacial score (nSPS) is 13.0. The van der Waals surface area contributed by atoms with Gasteiger partial charge in [0.25, 0.3) is 0 Å². The van der Waals surface area contributed by atoms with Crippen molar-refractivity contribution in [2.24, 2.45) is 0 Å². The summed E-state index contributed by atoms with van der Waals surface area (Å²) >= 11 is 0. The maximum Gasteiger partial charge on any atom is 0.408 e. The highest BCUT2D eigenvalue weighted by Gasteiger charge is 2.22. The van der Waals surface area contributed by atoms with Crippen LogP contribution in [-0.2, 0) is 11.2 Å². The Hall–Kier alpha value is -2.69. The number of para-hydroxylation sites is 1. The smallest absolute Gasteiger partial charge is 0.408 e. The Kier molecular flexibility index (Phi) is 4.57. The summed E-state index contributed by atoms with van der Waals surface area (Å²) in [4.78, 5) is 18.9. The molecule has 1 amide bonds. The topological polar surface area (TPSA) is 69.9 Å². The zero-order valence-corrected chi connectivity index (χ0v) is 15.1. The quantitative estimate of drug-likeness (QED) is 0.649. The van der Waals surface area contributed by atoms with E-state index >= 15 is 0 Å². The molecule has 132 valence electrons. The minimum Gasteiger partial charge on any atom is -0.444 e. The van der Waals surface area contributed by atoms with Crippen LogP contribution >= 0.6 is 0 Å². The Balaban J connectivity index is 1.85. The van der Waals surface area contributed by atoms with Gasteiger partial charge >= 0.3 is 6.09 Å². The van der Waals surface area contributed by atoms with Crippen molar-refractivity contribution in [3.8, 4) is 0 Å². The number of aromatic amines is 2. The number of carbonyl (C=O) groups excluding carboxylic acids is 1. The van der Waals surface area contributed by atoms with Crippen LogP contribution < -0.4 is 5.32 Å². The van der Waals surface area contributed by atoms with E-state index in [-0.39, 0.29) is 6.04 Å². The first-order valence-corrected chi connectivity index (χ1v) is 8.52. The first-order valence-electron chi connectivity index (χ1n) is 8.52. The van der Waals surface area contributed by atoms with Crippen molar-refractivity contribution in [2.45, 2.75) is 45.8 Å². The van der Waals surface area contributed by atoms with Crippen LogP contribution in [0.5, 0.6) is 0 Å². The minimum atomic E-state index is -0.527. The second-order valence-electron chi connectivity index (χ2n) is 7.36. The molecule has 0 aliphatic carbocycles. The molecule has 5 nitrogen and oxygen atoms in total. The Morgan fingerprint density at radius 1 is 1.20 bits per heavy atom. The Morgan fingerprint density at radius 3 is 2.64 bits per heavy atom. The zero-order chi connectivity index (χ0) is 18.0. The number of alkyl carbamates (subject to hydrolysis) is 1. The van der Waals surface area contributed by atoms with Crippen LogP contribution in [0.15, 0.2) is 42.6 Å². The summed E-state index contributed by atoms with van der Waals surface area (Å²) in [5.41, 5.74) is 3.75. The number of benzene rings is 1. The van der Waals surface area contributed by atoms with Gasteiger partial charge in [0.15, 0.2) is 0 Å². The molecule has 1 aromatic carbocycles. The third kappa shape index (κ3) is 4.24. The third-order valence-corrected chi connectivity index (χ3v) is 4.02. The molecule has 0 fully saturated rings. The average molecular weight is 339 g/mol. The molecule has 0 saturated carbocycles. The number of aryl methyl sites for hydroxylation is 1. The lowest BCUT2D eigenvalue weighted by atomic mass is 10.0. The summed E-state index contributed by atoms with van der Waals surface area (Å²) < 4.78 is 5.43. The van der Waals surface area contributed by atoms with E-state index in [1.54, 1.807) is 0 Å². The molecule has 0 radical (unpaired) electrons. The highest BCUT2D eigenvalue weighted by molar-refractivity contribution is 5.83. The molecule has 0 bridgehead atoms. The Labute approximate surface area is 147 Å². The summed E-state index contributed by atoms with van der Waals surface area (Å²) in [6.45, 7) is 7.58. The maximum atomic E-state index is 12.3. The van der Waals surface area contributed by atoms with Crippen molar-refractivity contribution < 1.29 is 9.53 Å². The second-order valence-corrected chi connectivity index (χ2v) is 7.36. The third-order valence-electron chi connectivity index (χ3n) is 4.02. The van der Waals surface area contributed by atoms with Gasteiger partial charge in [0.1, 0.15) is 5.60 Å². The molecule has 3 aromatic rings. The molecule has 2 aromatic heterocycles. The van der Waals surface area contributed by atoms with Crippen LogP contribution in [0.2, 0.25) is 0 Å². The summed E-state index contributed by atoms with van der Waals surface area (Å²) in [6, 6.07) is 12.0. The fourth-order valence-electron chi connectivity index (χ4n) is 2.94. The lowest BCUT2D eigenvalue weighted by Gasteiger charge is -2.23. The molecule has 3 N–H and O–H groups in total. The summed E-state index contributed by atoms with van der Waals surface area (Å²) in [6.07, 6.45) is 2.26. The van der Waals surface area contributed by atoms with E-state index in [0.29, 0.717) is 6.42 Å². The van der Waals surface area contributed by atoms with Crippen LogP contribution in [0, 0.1) is 6.92 Å². The van der Waals surface area contributed by atoms with Gasteiger partial charge in [-0.15, -0.1) is 0 Å². The van der Waals surface area contributed by atoms with Crippen LogP contribution in [0.25, 0.3) is 10.9 Å². The van der Waals surface area contributed by atoms with Gasteiger partial charge in [-0.05, 0) is 51.5 Å². The van der Waals surface area contributed by atoms with E-state index in [1.165, 1.54) is 5.39 Å². The molecule has 3 rings (SSSR count). The van der Waals surface area contributed by atoms with E-state index < -0.39 is 11.7 Å². The van der Waals surface area contributed by atoms with E-state index in [0.717, 1.165) is 22.5 Å². The number of rotatable bonds is 4. The molecule has 0 aliphatic heterocycles. The van der Waals surface area contributed by atoms with Crippen molar-refractivity contribution in [1.29, 1.82) is 0 Å². The summed E-state index contributed by atoms with van der Waals surface area (Å²) in [7, 11) is 0. The minimum absolute atomic E-state index is 0.192. The van der Waals surface area contributed by atoms with Crippen LogP contribution in [0.3, 0.4) is 0 Å². The lowest BCUT2D eigenvalue weighted by molar-refractivity contribution is 0.0502. The standard InChI is InChI=1S/C20H25N3O2/c1-13-9-10-17(22-13)18(23-19(24)25-20(2,3)4)11-14-12-21-16-8-6-5-7-15(14)16/h5-10,12,18,21-22H,11H2,1-4H3,(H,23,24)/t18-/m1/s1. The number of hydrogen-bond acceptors (Lipinski definition) is 2. The van der Waals surface area contributed by atoms with Crippen molar-refractivity contribution in [3.05, 3.63) is 59.5 Å². The lowest BCUT2D eigenvalue weighted by Crippen LogP contribution is -2.35. The van der Waals surface area contributed by atoms with E-state index in [2.05, 4.69) is 21.4 Å². The van der Waals surface area contributed by atoms with Gasteiger partial charge in [0, 0.05) is 34.9 Å². The molecular weight excluding hydrogens is 314 g/mol. The zero-order valence-electron chi connectivity index (χ0n) is 15.1. The van der Waals surface area contributed by atoms with Gasteiger partial charge in [-0.3, -0.25) is 0 Å². The highest BCUT2D eigenvalue weighted by atomic mass is 16.6. The molecule has 1 atom stereocenters.